The Balaban J connectivity index is 1.92. The second-order valence-electron chi connectivity index (χ2n) is 4.45. The summed E-state index contributed by atoms with van der Waals surface area (Å²) >= 11 is 0. The zero-order chi connectivity index (χ0) is 14.2. The van der Waals surface area contributed by atoms with Crippen molar-refractivity contribution < 1.29 is 14.6 Å². The van der Waals surface area contributed by atoms with Crippen LogP contribution in [-0.2, 0) is 24.5 Å². The molecule has 0 bridgehead atoms. The van der Waals surface area contributed by atoms with E-state index in [1.54, 1.807) is 10.9 Å². The summed E-state index contributed by atoms with van der Waals surface area (Å²) in [5, 5.41) is 8.82. The fourth-order valence-electron chi connectivity index (χ4n) is 1.95. The van der Waals surface area contributed by atoms with Crippen molar-refractivity contribution in [3.63, 3.8) is 0 Å². The molecule has 0 fully saturated rings. The van der Waals surface area contributed by atoms with Gasteiger partial charge in [-0.25, -0.2) is 4.98 Å². The fourth-order valence-corrected chi connectivity index (χ4v) is 1.95. The number of carbonyl (C=O) groups excluding carboxylic acids is 1. The van der Waals surface area contributed by atoms with Crippen LogP contribution in [0, 0.1) is 0 Å². The van der Waals surface area contributed by atoms with Gasteiger partial charge in [0.15, 0.2) is 6.29 Å². The smallest absolute Gasteiger partial charge is 0.168 e. The lowest BCUT2D eigenvalue weighted by atomic mass is 10.2. The van der Waals surface area contributed by atoms with Crippen LogP contribution < -0.4 is 0 Å². The molecule has 2 aromatic rings. The highest BCUT2D eigenvalue weighted by Gasteiger charge is 2.09. The molecule has 1 N–H and O–H groups in total. The second kappa shape index (κ2) is 7.57. The average molecular weight is 274 g/mol. The number of hydrogen-bond donors (Lipinski definition) is 1. The summed E-state index contributed by atoms with van der Waals surface area (Å²) in [6.45, 7) is 0.869. The maximum Gasteiger partial charge on any atom is 0.168 e. The predicted octanol–water partition coefficient (Wildman–Crippen LogP) is 1.79. The second-order valence-corrected chi connectivity index (χ2v) is 4.45. The van der Waals surface area contributed by atoms with Gasteiger partial charge in [-0.3, -0.25) is 4.79 Å². The number of aliphatic hydroxyl groups is 1. The van der Waals surface area contributed by atoms with Crippen molar-refractivity contribution >= 4 is 6.29 Å². The standard InChI is InChI=1S/C15H18N2O3/c18-8-4-7-14-15(9-19)17(11-16-14)12-20-10-13-5-2-1-3-6-13/h1-3,5-6,9,11,18H,4,7-8,10,12H2. The molecule has 0 unspecified atom stereocenters. The summed E-state index contributed by atoms with van der Waals surface area (Å²) < 4.78 is 7.26. The van der Waals surface area contributed by atoms with Gasteiger partial charge >= 0.3 is 0 Å². The quantitative estimate of drug-likeness (QED) is 0.745. The maximum absolute atomic E-state index is 11.1. The van der Waals surface area contributed by atoms with E-state index in [9.17, 15) is 4.79 Å². The zero-order valence-electron chi connectivity index (χ0n) is 11.2. The summed E-state index contributed by atoms with van der Waals surface area (Å²) in [6.07, 6.45) is 3.58. The number of aldehydes is 1. The number of aryl methyl sites for hydroxylation is 1. The predicted molar refractivity (Wildman–Crippen MR) is 74.3 cm³/mol. The molecule has 20 heavy (non-hydrogen) atoms. The molecule has 0 spiro atoms. The fraction of sp³-hybridized carbons (Fsp3) is 0.333. The third-order valence-corrected chi connectivity index (χ3v) is 2.98. The molecule has 106 valence electrons. The molecule has 5 nitrogen and oxygen atoms in total. The normalized spacial score (nSPS) is 10.7. The Morgan fingerprint density at radius 1 is 1.30 bits per heavy atom. The van der Waals surface area contributed by atoms with Crippen LogP contribution in [0.1, 0.15) is 28.2 Å². The van der Waals surface area contributed by atoms with E-state index in [1.807, 2.05) is 30.3 Å². The minimum Gasteiger partial charge on any atom is -0.396 e. The van der Waals surface area contributed by atoms with E-state index < -0.39 is 0 Å². The lowest BCUT2D eigenvalue weighted by Crippen LogP contribution is -2.06. The Bertz CT molecular complexity index is 537. The number of benzene rings is 1. The van der Waals surface area contributed by atoms with Crippen molar-refractivity contribution in [1.29, 1.82) is 0 Å². The van der Waals surface area contributed by atoms with Crippen LogP contribution in [0.2, 0.25) is 0 Å². The first kappa shape index (κ1) is 14.4. The average Bonchev–Trinajstić information content (AvgIpc) is 2.88. The van der Waals surface area contributed by atoms with Crippen LogP contribution in [0.4, 0.5) is 0 Å². The lowest BCUT2D eigenvalue weighted by molar-refractivity contribution is 0.0619. The topological polar surface area (TPSA) is 64.3 Å². The molecule has 0 saturated carbocycles. The number of rotatable bonds is 8. The summed E-state index contributed by atoms with van der Waals surface area (Å²) in [5.41, 5.74) is 2.31. The van der Waals surface area contributed by atoms with Crippen molar-refractivity contribution in [2.45, 2.75) is 26.2 Å². The van der Waals surface area contributed by atoms with E-state index >= 15 is 0 Å². The first-order valence-electron chi connectivity index (χ1n) is 6.57. The summed E-state index contributed by atoms with van der Waals surface area (Å²) in [5.74, 6) is 0. The van der Waals surface area contributed by atoms with Crippen LogP contribution >= 0.6 is 0 Å². The number of hydrogen-bond acceptors (Lipinski definition) is 4. The highest BCUT2D eigenvalue weighted by molar-refractivity contribution is 5.73. The number of imidazole rings is 1. The highest BCUT2D eigenvalue weighted by atomic mass is 16.5. The lowest BCUT2D eigenvalue weighted by Gasteiger charge is -2.07. The Morgan fingerprint density at radius 2 is 2.10 bits per heavy atom. The largest absolute Gasteiger partial charge is 0.396 e. The number of aliphatic hydroxyl groups excluding tert-OH is 1. The van der Waals surface area contributed by atoms with Gasteiger partial charge < -0.3 is 14.4 Å². The van der Waals surface area contributed by atoms with Gasteiger partial charge in [-0.15, -0.1) is 0 Å². The molecule has 0 aliphatic heterocycles. The van der Waals surface area contributed by atoms with Gasteiger partial charge in [0, 0.05) is 6.61 Å². The Labute approximate surface area is 117 Å². The number of aromatic nitrogens is 2. The molecule has 0 saturated heterocycles. The van der Waals surface area contributed by atoms with Crippen molar-refractivity contribution in [2.24, 2.45) is 0 Å². The molecule has 0 radical (unpaired) electrons. The zero-order valence-corrected chi connectivity index (χ0v) is 11.2. The van der Waals surface area contributed by atoms with E-state index in [2.05, 4.69) is 4.98 Å². The molecule has 5 heteroatoms. The van der Waals surface area contributed by atoms with Gasteiger partial charge in [-0.05, 0) is 18.4 Å². The van der Waals surface area contributed by atoms with Crippen LogP contribution in [-0.4, -0.2) is 27.6 Å². The molecule has 2 rings (SSSR count). The third kappa shape index (κ3) is 3.76. The Hall–Kier alpha value is -1.98. The Morgan fingerprint density at radius 3 is 2.80 bits per heavy atom. The summed E-state index contributed by atoms with van der Waals surface area (Å²) in [6, 6.07) is 9.85. The van der Waals surface area contributed by atoms with Crippen LogP contribution in [0.3, 0.4) is 0 Å². The van der Waals surface area contributed by atoms with Crippen molar-refractivity contribution in [3.05, 3.63) is 53.6 Å². The summed E-state index contributed by atoms with van der Waals surface area (Å²) in [4.78, 5) is 15.3. The molecule has 1 aromatic carbocycles. The van der Waals surface area contributed by atoms with Crippen molar-refractivity contribution in [2.75, 3.05) is 6.61 Å². The first-order chi connectivity index (χ1) is 9.85. The van der Waals surface area contributed by atoms with Crippen LogP contribution in [0.5, 0.6) is 0 Å². The molecule has 1 heterocycles. The van der Waals surface area contributed by atoms with Gasteiger partial charge in [0.05, 0.1) is 18.6 Å². The van der Waals surface area contributed by atoms with E-state index in [0.717, 1.165) is 11.8 Å². The van der Waals surface area contributed by atoms with E-state index in [1.165, 1.54) is 0 Å². The molecule has 0 atom stereocenters. The van der Waals surface area contributed by atoms with Gasteiger partial charge in [0.1, 0.15) is 12.4 Å². The first-order valence-corrected chi connectivity index (χ1v) is 6.57. The highest BCUT2D eigenvalue weighted by Crippen LogP contribution is 2.09. The van der Waals surface area contributed by atoms with Crippen LogP contribution in [0.15, 0.2) is 36.7 Å². The molecule has 1 aromatic heterocycles. The van der Waals surface area contributed by atoms with Crippen LogP contribution in [0.25, 0.3) is 0 Å². The van der Waals surface area contributed by atoms with Gasteiger partial charge in [0.25, 0.3) is 0 Å². The van der Waals surface area contributed by atoms with E-state index in [0.29, 0.717) is 30.8 Å². The maximum atomic E-state index is 11.1. The van der Waals surface area contributed by atoms with Crippen molar-refractivity contribution in [3.8, 4) is 0 Å². The van der Waals surface area contributed by atoms with Gasteiger partial charge in [-0.1, -0.05) is 30.3 Å². The number of carbonyl (C=O) groups is 1. The monoisotopic (exact) mass is 274 g/mol. The minimum absolute atomic E-state index is 0.0929. The Kier molecular flexibility index (Phi) is 5.46. The van der Waals surface area contributed by atoms with Crippen molar-refractivity contribution in [1.82, 2.24) is 9.55 Å². The third-order valence-electron chi connectivity index (χ3n) is 2.98. The van der Waals surface area contributed by atoms with E-state index in [4.69, 9.17) is 9.84 Å². The molecular formula is C15H18N2O3. The molecular weight excluding hydrogens is 256 g/mol. The molecule has 0 aliphatic rings. The SMILES string of the molecule is O=Cc1c(CCCO)ncn1COCc1ccccc1. The van der Waals surface area contributed by atoms with E-state index in [-0.39, 0.29) is 13.3 Å². The minimum atomic E-state index is 0.0929. The summed E-state index contributed by atoms with van der Waals surface area (Å²) in [7, 11) is 0. The molecule has 0 aliphatic carbocycles. The number of nitrogens with zero attached hydrogens (tertiary/aromatic N) is 2. The van der Waals surface area contributed by atoms with Gasteiger partial charge in [0.2, 0.25) is 0 Å². The number of ether oxygens (including phenoxy) is 1. The molecule has 0 amide bonds. The van der Waals surface area contributed by atoms with Gasteiger partial charge in [-0.2, -0.15) is 0 Å².